The van der Waals surface area contributed by atoms with Gasteiger partial charge in [-0.1, -0.05) is 65.4 Å². The number of rotatable bonds is 6. The third-order valence-corrected chi connectivity index (χ3v) is 9.02. The molecule has 0 radical (unpaired) electrons. The number of methoxy groups -OCH3 is 2. The number of hydrogen-bond donors (Lipinski definition) is 0. The van der Waals surface area contributed by atoms with Crippen LogP contribution in [0.5, 0.6) is 11.5 Å². The molecule has 0 spiro atoms. The van der Waals surface area contributed by atoms with E-state index in [0.29, 0.717) is 32.3 Å². The van der Waals surface area contributed by atoms with Crippen LogP contribution in [-0.2, 0) is 25.7 Å². The van der Waals surface area contributed by atoms with E-state index in [1.165, 1.54) is 31.8 Å². The highest BCUT2D eigenvalue weighted by Gasteiger charge is 2.37. The summed E-state index contributed by atoms with van der Waals surface area (Å²) in [5.74, 6) is -1.16. The van der Waals surface area contributed by atoms with Gasteiger partial charge in [0.1, 0.15) is 4.53 Å². The first-order valence-electron chi connectivity index (χ1n) is 13.8. The van der Waals surface area contributed by atoms with Crippen molar-refractivity contribution < 1.29 is 28.6 Å². The van der Waals surface area contributed by atoms with Crippen LogP contribution >= 0.6 is 22.9 Å². The molecule has 0 bridgehead atoms. The predicted molar refractivity (Wildman–Crippen MR) is 168 cm³/mol. The van der Waals surface area contributed by atoms with Gasteiger partial charge >= 0.3 is 11.9 Å². The molecule has 6 rings (SSSR count). The molecule has 1 unspecified atom stereocenters. The van der Waals surface area contributed by atoms with Gasteiger partial charge in [-0.05, 0) is 42.3 Å². The number of thiazole rings is 1. The molecule has 45 heavy (non-hydrogen) atoms. The van der Waals surface area contributed by atoms with E-state index >= 15 is 0 Å². The van der Waals surface area contributed by atoms with Gasteiger partial charge in [0.15, 0.2) is 16.3 Å². The van der Waals surface area contributed by atoms with Crippen molar-refractivity contribution in [1.82, 2.24) is 4.57 Å². The van der Waals surface area contributed by atoms with Gasteiger partial charge in [-0.3, -0.25) is 19.0 Å². The quantitative estimate of drug-likeness (QED) is 0.231. The number of carbonyl (C=O) groups is 3. The smallest absolute Gasteiger partial charge is 0.338 e. The average Bonchev–Trinajstić information content (AvgIpc) is 3.49. The largest absolute Gasteiger partial charge is 0.493 e. The van der Waals surface area contributed by atoms with Crippen molar-refractivity contribution >= 4 is 52.0 Å². The summed E-state index contributed by atoms with van der Waals surface area (Å²) in [7, 11) is 2.66. The van der Waals surface area contributed by atoms with Gasteiger partial charge < -0.3 is 19.1 Å². The maximum Gasteiger partial charge on any atom is 0.338 e. The maximum absolute atomic E-state index is 14.4. The average molecular weight is 644 g/mol. The van der Waals surface area contributed by atoms with Crippen LogP contribution in [0.4, 0.5) is 5.69 Å². The highest BCUT2D eigenvalue weighted by Crippen LogP contribution is 2.38. The monoisotopic (exact) mass is 643 g/mol. The van der Waals surface area contributed by atoms with Gasteiger partial charge in [0.05, 0.1) is 49.3 Å². The van der Waals surface area contributed by atoms with Crippen molar-refractivity contribution in [3.63, 3.8) is 0 Å². The van der Waals surface area contributed by atoms with Crippen LogP contribution in [0, 0.1) is 0 Å². The third kappa shape index (κ3) is 5.13. The summed E-state index contributed by atoms with van der Waals surface area (Å²) in [5.41, 5.74) is 2.73. The number of aromatic nitrogens is 1. The summed E-state index contributed by atoms with van der Waals surface area (Å²) in [5, 5.41) is 0.525. The number of esters is 2. The predicted octanol–water partition coefficient (Wildman–Crippen LogP) is 3.91. The molecule has 0 fully saturated rings. The molecule has 228 valence electrons. The van der Waals surface area contributed by atoms with E-state index in [1.54, 1.807) is 42.2 Å². The molecule has 1 atom stereocenters. The van der Waals surface area contributed by atoms with Crippen LogP contribution < -0.4 is 29.3 Å². The molecule has 1 amide bonds. The number of allylic oxidation sites excluding steroid dienone is 1. The van der Waals surface area contributed by atoms with Gasteiger partial charge in [0, 0.05) is 17.5 Å². The van der Waals surface area contributed by atoms with Crippen molar-refractivity contribution in [2.45, 2.75) is 26.4 Å². The minimum atomic E-state index is -0.977. The molecular weight excluding hydrogens is 618 g/mol. The lowest BCUT2D eigenvalue weighted by Gasteiger charge is -2.25. The maximum atomic E-state index is 14.4. The number of para-hydroxylation sites is 1. The van der Waals surface area contributed by atoms with Crippen LogP contribution in [-0.4, -0.2) is 36.6 Å². The Hall–Kier alpha value is -5.00. The van der Waals surface area contributed by atoms with Gasteiger partial charge in [-0.25, -0.2) is 9.79 Å². The number of anilines is 1. The van der Waals surface area contributed by atoms with Crippen LogP contribution in [0.3, 0.4) is 0 Å². The van der Waals surface area contributed by atoms with Gasteiger partial charge in [0.25, 0.3) is 11.5 Å². The summed E-state index contributed by atoms with van der Waals surface area (Å²) < 4.78 is 17.4. The van der Waals surface area contributed by atoms with Crippen molar-refractivity contribution in [2.75, 3.05) is 19.1 Å². The Morgan fingerprint density at radius 3 is 2.44 bits per heavy atom. The van der Waals surface area contributed by atoms with E-state index in [0.717, 1.165) is 16.9 Å². The van der Waals surface area contributed by atoms with E-state index in [-0.39, 0.29) is 39.6 Å². The van der Waals surface area contributed by atoms with Crippen molar-refractivity contribution in [3.8, 4) is 11.5 Å². The number of fused-ring (bicyclic) bond motifs is 2. The Labute approximate surface area is 266 Å². The molecule has 0 saturated heterocycles. The lowest BCUT2D eigenvalue weighted by Crippen LogP contribution is -2.40. The van der Waals surface area contributed by atoms with E-state index in [4.69, 9.17) is 25.8 Å². The summed E-state index contributed by atoms with van der Waals surface area (Å²) in [6.07, 6.45) is 0. The molecule has 0 saturated carbocycles. The molecule has 1 aromatic heterocycles. The van der Waals surface area contributed by atoms with E-state index in [1.807, 2.05) is 30.3 Å². The van der Waals surface area contributed by atoms with E-state index in [9.17, 15) is 19.2 Å². The van der Waals surface area contributed by atoms with Gasteiger partial charge in [0.2, 0.25) is 0 Å². The summed E-state index contributed by atoms with van der Waals surface area (Å²) in [6.45, 7) is 3.14. The standard InChI is InChI=1S/C33H26ClN3O7S/c1-17-26(32(41)43-4)28(19-13-14-24(44-18(2)38)25(15-19)42-3)37-31(40)29(45-33(37)35-17)27-21-10-6-8-12-23(21)36(30(27)39)16-20-9-5-7-11-22(20)34/h5-15,28H,16H2,1-4H3/b29-27-. The second kappa shape index (κ2) is 11.8. The Morgan fingerprint density at radius 2 is 1.73 bits per heavy atom. The van der Waals surface area contributed by atoms with Crippen LogP contribution in [0.15, 0.2) is 87.8 Å². The normalized spacial score (nSPS) is 16.6. The Balaban J connectivity index is 1.57. The number of ether oxygens (including phenoxy) is 3. The number of carbonyl (C=O) groups excluding carboxylic acids is 3. The molecule has 2 aliphatic rings. The number of amides is 1. The number of benzene rings is 3. The molecule has 4 aromatic rings. The first-order valence-corrected chi connectivity index (χ1v) is 15.0. The number of hydrogen-bond acceptors (Lipinski definition) is 9. The van der Waals surface area contributed by atoms with E-state index in [2.05, 4.69) is 4.99 Å². The number of nitrogens with zero attached hydrogens (tertiary/aromatic N) is 3. The fourth-order valence-corrected chi connectivity index (χ4v) is 6.94. The second-order valence-electron chi connectivity index (χ2n) is 10.3. The lowest BCUT2D eigenvalue weighted by molar-refractivity contribution is -0.136. The molecule has 10 nitrogen and oxygen atoms in total. The summed E-state index contributed by atoms with van der Waals surface area (Å²) in [4.78, 5) is 59.8. The zero-order chi connectivity index (χ0) is 32.0. The Morgan fingerprint density at radius 1 is 1.00 bits per heavy atom. The summed E-state index contributed by atoms with van der Waals surface area (Å²) >= 11 is 7.50. The van der Waals surface area contributed by atoms with Crippen LogP contribution in [0.2, 0.25) is 5.02 Å². The summed E-state index contributed by atoms with van der Waals surface area (Å²) in [6, 6.07) is 18.3. The van der Waals surface area contributed by atoms with E-state index < -0.39 is 23.5 Å². The lowest BCUT2D eigenvalue weighted by atomic mass is 9.95. The first kappa shape index (κ1) is 30.0. The minimum Gasteiger partial charge on any atom is -0.493 e. The molecule has 3 aromatic carbocycles. The van der Waals surface area contributed by atoms with Crippen molar-refractivity contribution in [3.05, 3.63) is 119 Å². The minimum absolute atomic E-state index is 0.141. The van der Waals surface area contributed by atoms with Gasteiger partial charge in [-0.15, -0.1) is 0 Å². The zero-order valence-corrected chi connectivity index (χ0v) is 26.2. The molecule has 2 aliphatic heterocycles. The SMILES string of the molecule is COC(=O)C1=C(C)N=c2s/c(=C3\C(=O)N(Cc4ccccc4Cl)c4ccccc43)c(=O)n2C1c1ccc(OC(C)=O)c(OC)c1. The fraction of sp³-hybridized carbons (Fsp3) is 0.182. The fourth-order valence-electron chi connectivity index (χ4n) is 5.61. The van der Waals surface area contributed by atoms with Gasteiger partial charge in [-0.2, -0.15) is 0 Å². The number of halogens is 1. The zero-order valence-electron chi connectivity index (χ0n) is 24.6. The Bertz CT molecular complexity index is 2130. The van der Waals surface area contributed by atoms with Crippen LogP contribution in [0.25, 0.3) is 5.57 Å². The Kier molecular flexibility index (Phi) is 7.90. The second-order valence-corrected chi connectivity index (χ2v) is 11.7. The topological polar surface area (TPSA) is 117 Å². The first-order chi connectivity index (χ1) is 21.6. The molecule has 0 N–H and O–H groups in total. The molecule has 0 aliphatic carbocycles. The highest BCUT2D eigenvalue weighted by molar-refractivity contribution is 7.07. The molecule has 3 heterocycles. The molecule has 12 heteroatoms. The van der Waals surface area contributed by atoms with Crippen LogP contribution in [0.1, 0.15) is 36.6 Å². The van der Waals surface area contributed by atoms with Crippen molar-refractivity contribution in [1.29, 1.82) is 0 Å². The third-order valence-electron chi connectivity index (χ3n) is 7.60. The highest BCUT2D eigenvalue weighted by atomic mass is 35.5. The molecular formula is C33H26ClN3O7S. The van der Waals surface area contributed by atoms with Crippen molar-refractivity contribution in [2.24, 2.45) is 4.99 Å².